The fourth-order valence-corrected chi connectivity index (χ4v) is 1.47. The topological polar surface area (TPSA) is 94.2 Å². The van der Waals surface area contributed by atoms with Crippen molar-refractivity contribution in [2.45, 2.75) is 52.6 Å². The predicted molar refractivity (Wildman–Crippen MR) is 74.1 cm³/mol. The van der Waals surface area contributed by atoms with E-state index in [1.807, 2.05) is 0 Å². The molecule has 1 heterocycles. The molecule has 0 aromatic carbocycles. The number of nitrogens with zero attached hydrogens (tertiary/aromatic N) is 2. The molecule has 0 bridgehead atoms. The number of amides is 2. The van der Waals surface area contributed by atoms with E-state index in [0.29, 0.717) is 10.1 Å². The summed E-state index contributed by atoms with van der Waals surface area (Å²) < 4.78 is 4.90. The normalized spacial score (nSPS) is 12.2. The van der Waals surface area contributed by atoms with Crippen LogP contribution in [0.4, 0.5) is 0 Å². The van der Waals surface area contributed by atoms with Crippen LogP contribution in [-0.4, -0.2) is 43.4 Å². The molecule has 0 saturated heterocycles. The van der Waals surface area contributed by atoms with Crippen LogP contribution >= 0.6 is 0 Å². The second-order valence-electron chi connectivity index (χ2n) is 6.77. The summed E-state index contributed by atoms with van der Waals surface area (Å²) in [5.74, 6) is -1.55. The molecule has 1 aromatic heterocycles. The Morgan fingerprint density at radius 1 is 0.857 bits per heavy atom. The summed E-state index contributed by atoms with van der Waals surface area (Å²) in [7, 11) is 0. The lowest BCUT2D eigenvalue weighted by atomic mass is 10.0. The second-order valence-corrected chi connectivity index (χ2v) is 6.77. The highest BCUT2D eigenvalue weighted by Gasteiger charge is 2.34. The van der Waals surface area contributed by atoms with Crippen LogP contribution < -0.4 is 0 Å². The molecule has 21 heavy (non-hydrogen) atoms. The van der Waals surface area contributed by atoms with Crippen LogP contribution in [0.15, 0.2) is 16.9 Å². The van der Waals surface area contributed by atoms with Gasteiger partial charge < -0.3 is 4.42 Å². The number of hydroxylamine groups is 4. The molecule has 0 aliphatic heterocycles. The molecule has 0 spiro atoms. The molecule has 0 aliphatic rings. The maximum absolute atomic E-state index is 12.2. The van der Waals surface area contributed by atoms with Crippen molar-refractivity contribution in [3.8, 4) is 0 Å². The van der Waals surface area contributed by atoms with Gasteiger partial charge in [-0.3, -0.25) is 20.0 Å². The highest BCUT2D eigenvalue weighted by molar-refractivity contribution is 6.06. The Hall–Kier alpha value is -1.86. The molecule has 2 amide bonds. The van der Waals surface area contributed by atoms with E-state index in [-0.39, 0.29) is 11.1 Å². The molecule has 7 nitrogen and oxygen atoms in total. The zero-order chi connectivity index (χ0) is 16.6. The number of rotatable bonds is 2. The van der Waals surface area contributed by atoms with Gasteiger partial charge in [-0.1, -0.05) is 0 Å². The SMILES string of the molecule is CC(C)(C)N(O)C(=O)c1cocc1C(=O)N(O)C(C)(C)C. The summed E-state index contributed by atoms with van der Waals surface area (Å²) in [6.07, 6.45) is 2.14. The molecule has 0 unspecified atom stereocenters. The molecule has 7 heteroatoms. The molecule has 0 aliphatic carbocycles. The quantitative estimate of drug-likeness (QED) is 0.646. The number of carbonyl (C=O) groups excluding carboxylic acids is 2. The molecule has 0 atom stereocenters. The number of furan rings is 1. The molecular formula is C14H22N2O5. The van der Waals surface area contributed by atoms with Crippen LogP contribution in [-0.2, 0) is 0 Å². The highest BCUT2D eigenvalue weighted by atomic mass is 16.5. The van der Waals surface area contributed by atoms with E-state index in [1.165, 1.54) is 0 Å². The van der Waals surface area contributed by atoms with Crippen molar-refractivity contribution in [1.82, 2.24) is 10.1 Å². The zero-order valence-corrected chi connectivity index (χ0v) is 13.2. The molecule has 2 N–H and O–H groups in total. The Balaban J connectivity index is 3.14. The molecule has 1 aromatic rings. The first-order valence-corrected chi connectivity index (χ1v) is 6.50. The van der Waals surface area contributed by atoms with E-state index in [0.717, 1.165) is 12.5 Å². The lowest BCUT2D eigenvalue weighted by molar-refractivity contribution is -0.116. The maximum Gasteiger partial charge on any atom is 0.281 e. The first-order valence-electron chi connectivity index (χ1n) is 6.50. The zero-order valence-electron chi connectivity index (χ0n) is 13.2. The van der Waals surface area contributed by atoms with E-state index in [9.17, 15) is 20.0 Å². The van der Waals surface area contributed by atoms with Crippen LogP contribution in [0.1, 0.15) is 62.3 Å². The van der Waals surface area contributed by atoms with Crippen molar-refractivity contribution in [2.24, 2.45) is 0 Å². The van der Waals surface area contributed by atoms with Crippen LogP contribution in [0.3, 0.4) is 0 Å². The van der Waals surface area contributed by atoms with Gasteiger partial charge in [0.1, 0.15) is 12.5 Å². The lowest BCUT2D eigenvalue weighted by Crippen LogP contribution is -2.45. The van der Waals surface area contributed by atoms with Crippen molar-refractivity contribution < 1.29 is 24.4 Å². The fourth-order valence-electron chi connectivity index (χ4n) is 1.47. The number of hydrogen-bond donors (Lipinski definition) is 2. The number of hydrogen-bond acceptors (Lipinski definition) is 5. The Kier molecular flexibility index (Phi) is 4.50. The van der Waals surface area contributed by atoms with Crippen LogP contribution in [0.25, 0.3) is 0 Å². The van der Waals surface area contributed by atoms with Crippen LogP contribution in [0.2, 0.25) is 0 Å². The monoisotopic (exact) mass is 298 g/mol. The molecule has 118 valence electrons. The van der Waals surface area contributed by atoms with E-state index < -0.39 is 22.9 Å². The van der Waals surface area contributed by atoms with Gasteiger partial charge in [0.2, 0.25) is 0 Å². The third-order valence-corrected chi connectivity index (χ3v) is 2.78. The summed E-state index contributed by atoms with van der Waals surface area (Å²) in [6.45, 7) is 9.83. The highest BCUT2D eigenvalue weighted by Crippen LogP contribution is 2.22. The van der Waals surface area contributed by atoms with E-state index in [4.69, 9.17) is 4.42 Å². The Bertz CT molecular complexity index is 490. The van der Waals surface area contributed by atoms with E-state index in [1.54, 1.807) is 41.5 Å². The van der Waals surface area contributed by atoms with E-state index in [2.05, 4.69) is 0 Å². The van der Waals surface area contributed by atoms with Gasteiger partial charge in [-0.25, -0.2) is 10.1 Å². The molecule has 1 rings (SSSR count). The minimum absolute atomic E-state index is 0.110. The van der Waals surface area contributed by atoms with Crippen molar-refractivity contribution in [3.05, 3.63) is 23.7 Å². The minimum Gasteiger partial charge on any atom is -0.471 e. The van der Waals surface area contributed by atoms with Gasteiger partial charge >= 0.3 is 0 Å². The molecule has 0 fully saturated rings. The maximum atomic E-state index is 12.2. The first-order chi connectivity index (χ1) is 9.37. The Morgan fingerprint density at radius 3 is 1.38 bits per heavy atom. The Labute approximate surface area is 123 Å². The predicted octanol–water partition coefficient (Wildman–Crippen LogP) is 2.54. The van der Waals surface area contributed by atoms with E-state index >= 15 is 0 Å². The van der Waals surface area contributed by atoms with Crippen LogP contribution in [0, 0.1) is 0 Å². The largest absolute Gasteiger partial charge is 0.471 e. The fraction of sp³-hybridized carbons (Fsp3) is 0.571. The average Bonchev–Trinajstić information content (AvgIpc) is 2.81. The van der Waals surface area contributed by atoms with Gasteiger partial charge in [-0.05, 0) is 41.5 Å². The molecular weight excluding hydrogens is 276 g/mol. The summed E-state index contributed by atoms with van der Waals surface area (Å²) in [5.41, 5.74) is -1.89. The average molecular weight is 298 g/mol. The van der Waals surface area contributed by atoms with Gasteiger partial charge in [0.25, 0.3) is 11.8 Å². The molecule has 0 radical (unpaired) electrons. The minimum atomic E-state index is -0.836. The van der Waals surface area contributed by atoms with Gasteiger partial charge in [0, 0.05) is 0 Å². The van der Waals surface area contributed by atoms with Gasteiger partial charge in [0.05, 0.1) is 22.2 Å². The van der Waals surface area contributed by atoms with Gasteiger partial charge in [-0.15, -0.1) is 0 Å². The van der Waals surface area contributed by atoms with Crippen molar-refractivity contribution >= 4 is 11.8 Å². The first kappa shape index (κ1) is 17.2. The number of carbonyl (C=O) groups is 2. The summed E-state index contributed by atoms with van der Waals surface area (Å²) in [4.78, 5) is 24.4. The summed E-state index contributed by atoms with van der Waals surface area (Å²) in [5, 5.41) is 20.8. The summed E-state index contributed by atoms with van der Waals surface area (Å²) in [6, 6.07) is 0. The third-order valence-electron chi connectivity index (χ3n) is 2.78. The van der Waals surface area contributed by atoms with Crippen molar-refractivity contribution in [1.29, 1.82) is 0 Å². The smallest absolute Gasteiger partial charge is 0.281 e. The third kappa shape index (κ3) is 3.62. The van der Waals surface area contributed by atoms with Gasteiger partial charge in [-0.2, -0.15) is 0 Å². The standard InChI is InChI=1S/C14H22N2O5/c1-13(2,3)15(19)11(17)9-7-21-8-10(9)12(18)16(20)14(4,5)6/h7-8,19-20H,1-6H3. The van der Waals surface area contributed by atoms with Gasteiger partial charge in [0.15, 0.2) is 0 Å². The molecule has 0 saturated carbocycles. The van der Waals surface area contributed by atoms with Crippen molar-refractivity contribution in [3.63, 3.8) is 0 Å². The summed E-state index contributed by atoms with van der Waals surface area (Å²) >= 11 is 0. The Morgan fingerprint density at radius 2 is 1.14 bits per heavy atom. The second kappa shape index (κ2) is 5.50. The van der Waals surface area contributed by atoms with Crippen molar-refractivity contribution in [2.75, 3.05) is 0 Å². The lowest BCUT2D eigenvalue weighted by Gasteiger charge is -2.30. The van der Waals surface area contributed by atoms with Crippen LogP contribution in [0.5, 0.6) is 0 Å².